The van der Waals surface area contributed by atoms with Gasteiger partial charge in [0.2, 0.25) is 0 Å². The predicted molar refractivity (Wildman–Crippen MR) is 141 cm³/mol. The number of nitrogens with two attached hydrogens (primary N) is 1. The van der Waals surface area contributed by atoms with Gasteiger partial charge in [-0.05, 0) is 12.1 Å². The topological polar surface area (TPSA) is 258 Å². The molecule has 1 aromatic carbocycles. The number of hydrogen-bond donors (Lipinski definition) is 5. The number of nitrogens with zero attached hydrogens (tertiary/aromatic N) is 6. The second-order valence-corrected chi connectivity index (χ2v) is 12.8. The van der Waals surface area contributed by atoms with Crippen LogP contribution in [0.4, 0.5) is 5.82 Å². The summed E-state index contributed by atoms with van der Waals surface area (Å²) >= 11 is 0. The quantitative estimate of drug-likeness (QED) is 0.180. The van der Waals surface area contributed by atoms with E-state index in [-0.39, 0.29) is 17.0 Å². The molecule has 10 atom stereocenters. The fourth-order valence-corrected chi connectivity index (χ4v) is 7.25. The smallest absolute Gasteiger partial charge is 0.387 e. The number of phosphoric ester groups is 2. The summed E-state index contributed by atoms with van der Waals surface area (Å²) < 4.78 is 61.8. The van der Waals surface area contributed by atoms with Crippen molar-refractivity contribution >= 4 is 43.7 Å². The number of rotatable bonds is 2. The molecule has 0 aliphatic carbocycles. The van der Waals surface area contributed by atoms with E-state index in [0.717, 1.165) is 6.33 Å². The molecule has 2 bridgehead atoms. The molecule has 6 unspecified atom stereocenters. The largest absolute Gasteiger partial charge is 0.472 e. The molecule has 230 valence electrons. The number of aromatic nitrogens is 6. The van der Waals surface area contributed by atoms with Crippen LogP contribution in [0.1, 0.15) is 12.5 Å². The van der Waals surface area contributed by atoms with E-state index >= 15 is 0 Å². The van der Waals surface area contributed by atoms with Gasteiger partial charge < -0.3 is 39.8 Å². The number of aliphatic hydroxyl groups is 2. The third-order valence-electron chi connectivity index (χ3n) is 7.35. The van der Waals surface area contributed by atoms with Crippen molar-refractivity contribution in [1.29, 1.82) is 0 Å². The maximum absolute atomic E-state index is 13.2. The highest BCUT2D eigenvalue weighted by atomic mass is 31.2. The standard InChI is InChI=1S/C22H25N7O12P2/c23-19-14-20(25-7-24-19)29(9-27-14)22-18-15(30)12(38-22)5-36-42(32,33)40-17-13(6-37-43(34,35)41-18)39-21(16(17)31)28-8-26-10-3-1-2-4-11(10)28/h1-4,7-9,12-13,15-18,21-22,30-31H,5-6H2,(H,32,33)(H,34,35)(H2,23,24,25)/t12-,13-,15?,16?,17?,18?,21-,22-/m1/s1. The molecule has 4 aromatic rings. The highest BCUT2D eigenvalue weighted by Gasteiger charge is 2.53. The first-order chi connectivity index (χ1) is 20.5. The first-order valence-corrected chi connectivity index (χ1v) is 15.8. The van der Waals surface area contributed by atoms with Gasteiger partial charge in [0.15, 0.2) is 23.9 Å². The van der Waals surface area contributed by atoms with E-state index < -0.39 is 77.9 Å². The SMILES string of the molecule is Nc1ncnc2c1ncn2[C@@H]1O[C@@H]2COP(=O)(O)OC3C(O)[C@H](n4cnc5ccccc54)O[C@@H]3COP(=O)(O)OC1C2O. The Balaban J connectivity index is 1.20. The number of nitrogen functional groups attached to an aromatic ring is 1. The Morgan fingerprint density at radius 2 is 1.49 bits per heavy atom. The summed E-state index contributed by atoms with van der Waals surface area (Å²) in [5.74, 6) is 0.0478. The highest BCUT2D eigenvalue weighted by Crippen LogP contribution is 2.53. The van der Waals surface area contributed by atoms with Crippen LogP contribution >= 0.6 is 15.6 Å². The summed E-state index contributed by atoms with van der Waals surface area (Å²) in [5.41, 5.74) is 7.36. The number of aliphatic hydroxyl groups excluding tert-OH is 2. The van der Waals surface area contributed by atoms with Crippen molar-refractivity contribution < 1.29 is 56.7 Å². The molecule has 3 fully saturated rings. The van der Waals surface area contributed by atoms with Crippen molar-refractivity contribution in [3.05, 3.63) is 43.2 Å². The molecule has 3 aromatic heterocycles. The Hall–Kier alpha value is -2.90. The lowest BCUT2D eigenvalue weighted by atomic mass is 10.1. The molecule has 19 nitrogen and oxygen atoms in total. The number of anilines is 1. The first kappa shape index (κ1) is 28.8. The summed E-state index contributed by atoms with van der Waals surface area (Å²) in [6.45, 7) is -1.47. The van der Waals surface area contributed by atoms with E-state index in [1.165, 1.54) is 21.8 Å². The summed E-state index contributed by atoms with van der Waals surface area (Å²) in [7, 11) is -9.97. The summed E-state index contributed by atoms with van der Waals surface area (Å²) in [6, 6.07) is 6.98. The van der Waals surface area contributed by atoms with E-state index in [9.17, 15) is 29.1 Å². The number of hydrogen-bond acceptors (Lipinski definition) is 15. The third kappa shape index (κ3) is 5.16. The second kappa shape index (κ2) is 10.6. The minimum atomic E-state index is -5.01. The van der Waals surface area contributed by atoms with Gasteiger partial charge in [-0.15, -0.1) is 0 Å². The van der Waals surface area contributed by atoms with Gasteiger partial charge in [0.05, 0.1) is 36.9 Å². The molecule has 6 N–H and O–H groups in total. The van der Waals surface area contributed by atoms with Gasteiger partial charge in [-0.1, -0.05) is 12.1 Å². The number of imidazole rings is 2. The van der Waals surface area contributed by atoms with Crippen LogP contribution in [0, 0.1) is 0 Å². The molecular formula is C22H25N7O12P2. The Morgan fingerprint density at radius 1 is 0.814 bits per heavy atom. The Morgan fingerprint density at radius 3 is 2.28 bits per heavy atom. The zero-order chi connectivity index (χ0) is 30.1. The molecule has 21 heteroatoms. The van der Waals surface area contributed by atoms with E-state index in [0.29, 0.717) is 11.0 Å². The number of para-hydroxylation sites is 2. The zero-order valence-corrected chi connectivity index (χ0v) is 23.6. The summed E-state index contributed by atoms with van der Waals surface area (Å²) in [6.07, 6.45) is -7.86. The van der Waals surface area contributed by atoms with Crippen LogP contribution in [0.5, 0.6) is 0 Å². The Bertz CT molecular complexity index is 1770. The van der Waals surface area contributed by atoms with Gasteiger partial charge >= 0.3 is 15.6 Å². The minimum absolute atomic E-state index is 0.0478. The Kier molecular flexibility index (Phi) is 7.13. The van der Waals surface area contributed by atoms with Crippen LogP contribution in [0.3, 0.4) is 0 Å². The number of ether oxygens (including phenoxy) is 2. The van der Waals surface area contributed by atoms with Gasteiger partial charge in [-0.3, -0.25) is 22.7 Å². The van der Waals surface area contributed by atoms with Crippen LogP contribution in [-0.2, 0) is 36.7 Å². The molecule has 3 aliphatic heterocycles. The number of fused-ring (bicyclic) bond motifs is 5. The van der Waals surface area contributed by atoms with Crippen molar-refractivity contribution in [1.82, 2.24) is 29.1 Å². The molecule has 0 saturated carbocycles. The van der Waals surface area contributed by atoms with Gasteiger partial charge in [0.25, 0.3) is 0 Å². The van der Waals surface area contributed by atoms with Crippen molar-refractivity contribution in [2.75, 3.05) is 18.9 Å². The highest BCUT2D eigenvalue weighted by molar-refractivity contribution is 7.47. The lowest BCUT2D eigenvalue weighted by Crippen LogP contribution is -2.36. The lowest BCUT2D eigenvalue weighted by Gasteiger charge is -2.25. The molecule has 0 amide bonds. The van der Waals surface area contributed by atoms with Crippen molar-refractivity contribution in [3.63, 3.8) is 0 Å². The normalized spacial score (nSPS) is 38.9. The van der Waals surface area contributed by atoms with E-state index in [1.54, 1.807) is 24.3 Å². The zero-order valence-electron chi connectivity index (χ0n) is 21.8. The van der Waals surface area contributed by atoms with Crippen LogP contribution in [0.15, 0.2) is 43.2 Å². The number of benzene rings is 1. The van der Waals surface area contributed by atoms with Gasteiger partial charge in [-0.2, -0.15) is 0 Å². The average molecular weight is 641 g/mol. The molecule has 3 aliphatic rings. The number of phosphoric acid groups is 2. The monoisotopic (exact) mass is 641 g/mol. The van der Waals surface area contributed by atoms with Crippen molar-refractivity contribution in [2.24, 2.45) is 0 Å². The lowest BCUT2D eigenvalue weighted by molar-refractivity contribution is -0.0671. The van der Waals surface area contributed by atoms with Gasteiger partial charge in [-0.25, -0.2) is 29.1 Å². The molecular weight excluding hydrogens is 616 g/mol. The minimum Gasteiger partial charge on any atom is -0.387 e. The Labute approximate surface area is 240 Å². The molecule has 0 radical (unpaired) electrons. The molecule has 6 heterocycles. The van der Waals surface area contributed by atoms with Crippen LogP contribution in [-0.4, -0.2) is 98.9 Å². The fraction of sp³-hybridized carbons (Fsp3) is 0.455. The average Bonchev–Trinajstić information content (AvgIpc) is 3.72. The summed E-state index contributed by atoms with van der Waals surface area (Å²) in [4.78, 5) is 37.6. The van der Waals surface area contributed by atoms with Crippen LogP contribution < -0.4 is 5.73 Å². The predicted octanol–water partition coefficient (Wildman–Crippen LogP) is -0.00700. The fourth-order valence-electron chi connectivity index (χ4n) is 5.35. The van der Waals surface area contributed by atoms with E-state index in [1.807, 2.05) is 0 Å². The van der Waals surface area contributed by atoms with E-state index in [2.05, 4.69) is 19.9 Å². The second-order valence-electron chi connectivity index (χ2n) is 10.0. The first-order valence-electron chi connectivity index (χ1n) is 12.8. The van der Waals surface area contributed by atoms with Gasteiger partial charge in [0.1, 0.15) is 48.5 Å². The third-order valence-corrected chi connectivity index (χ3v) is 9.32. The van der Waals surface area contributed by atoms with E-state index in [4.69, 9.17) is 33.3 Å². The van der Waals surface area contributed by atoms with Crippen LogP contribution in [0.25, 0.3) is 22.2 Å². The van der Waals surface area contributed by atoms with Gasteiger partial charge in [0, 0.05) is 0 Å². The molecule has 7 rings (SSSR count). The summed E-state index contributed by atoms with van der Waals surface area (Å²) in [5, 5.41) is 22.1. The maximum Gasteiger partial charge on any atom is 0.472 e. The van der Waals surface area contributed by atoms with Crippen molar-refractivity contribution in [2.45, 2.75) is 49.1 Å². The van der Waals surface area contributed by atoms with Crippen molar-refractivity contribution in [3.8, 4) is 0 Å². The molecule has 43 heavy (non-hydrogen) atoms. The maximum atomic E-state index is 13.2. The molecule has 3 saturated heterocycles. The van der Waals surface area contributed by atoms with Crippen LogP contribution in [0.2, 0.25) is 0 Å². The molecule has 0 spiro atoms.